The second kappa shape index (κ2) is 6.99. The maximum absolute atomic E-state index is 9.29. The van der Waals surface area contributed by atoms with Gasteiger partial charge in [-0.2, -0.15) is 20.1 Å². The third-order valence-electron chi connectivity index (χ3n) is 4.69. The normalized spacial score (nSPS) is 17.2. The average Bonchev–Trinajstić information content (AvgIpc) is 3.36. The summed E-state index contributed by atoms with van der Waals surface area (Å²) in [4.78, 5) is 7.10. The molecular weight excluding hydrogens is 354 g/mol. The molecule has 1 aliphatic rings. The zero-order valence-electron chi connectivity index (χ0n) is 16.1. The number of hydrogen-bond donors (Lipinski definition) is 1. The summed E-state index contributed by atoms with van der Waals surface area (Å²) in [5, 5.41) is 21.5. The molecule has 3 aromatic heterocycles. The molecule has 0 bridgehead atoms. The van der Waals surface area contributed by atoms with Gasteiger partial charge in [-0.3, -0.25) is 5.10 Å². The molecule has 1 N–H and O–H groups in total. The summed E-state index contributed by atoms with van der Waals surface area (Å²) in [7, 11) is 0. The van der Waals surface area contributed by atoms with E-state index in [1.165, 1.54) is 0 Å². The molecule has 1 aliphatic heterocycles. The van der Waals surface area contributed by atoms with Gasteiger partial charge in [0.25, 0.3) is 0 Å². The van der Waals surface area contributed by atoms with Gasteiger partial charge in [-0.1, -0.05) is 11.8 Å². The van der Waals surface area contributed by atoms with Crippen LogP contribution in [-0.2, 0) is 4.74 Å². The first-order chi connectivity index (χ1) is 13.5. The van der Waals surface area contributed by atoms with Gasteiger partial charge in [0, 0.05) is 18.2 Å². The summed E-state index contributed by atoms with van der Waals surface area (Å²) in [6.45, 7) is 7.79. The third-order valence-corrected chi connectivity index (χ3v) is 4.69. The second-order valence-corrected chi connectivity index (χ2v) is 7.37. The number of H-pyrrole nitrogens is 1. The minimum absolute atomic E-state index is 0.207. The van der Waals surface area contributed by atoms with E-state index in [1.54, 1.807) is 30.9 Å². The Balaban J connectivity index is 1.90. The Labute approximate surface area is 163 Å². The van der Waals surface area contributed by atoms with Crippen LogP contribution in [0.5, 0.6) is 0 Å². The Morgan fingerprint density at radius 3 is 2.96 bits per heavy atom. The molecule has 3 aromatic rings. The Morgan fingerprint density at radius 2 is 2.25 bits per heavy atom. The van der Waals surface area contributed by atoms with Gasteiger partial charge in [0.2, 0.25) is 0 Å². The van der Waals surface area contributed by atoms with E-state index in [-0.39, 0.29) is 6.04 Å². The van der Waals surface area contributed by atoms with Crippen LogP contribution in [0.1, 0.15) is 26.3 Å². The van der Waals surface area contributed by atoms with Crippen molar-refractivity contribution in [2.75, 3.05) is 24.7 Å². The fraction of sp³-hybridized carbons (Fsp3) is 0.400. The molecule has 0 aromatic carbocycles. The maximum Gasteiger partial charge on any atom is 0.168 e. The number of aromatic nitrogens is 5. The van der Waals surface area contributed by atoms with Crippen molar-refractivity contribution in [2.24, 2.45) is 5.41 Å². The lowest BCUT2D eigenvalue weighted by molar-refractivity contribution is 0.0985. The Kier molecular flexibility index (Phi) is 4.50. The van der Waals surface area contributed by atoms with Gasteiger partial charge >= 0.3 is 0 Å². The molecule has 4 heterocycles. The molecule has 1 fully saturated rings. The summed E-state index contributed by atoms with van der Waals surface area (Å²) < 4.78 is 7.28. The van der Waals surface area contributed by atoms with Crippen LogP contribution < -0.4 is 4.90 Å². The number of nitriles is 1. The Hall–Kier alpha value is -3.36. The molecule has 8 heteroatoms. The van der Waals surface area contributed by atoms with Crippen LogP contribution in [0.25, 0.3) is 16.9 Å². The minimum atomic E-state index is -0.735. The molecular formula is C20H21N7O. The highest BCUT2D eigenvalue weighted by molar-refractivity contribution is 5.85. The summed E-state index contributed by atoms with van der Waals surface area (Å²) in [5.74, 6) is 7.80. The van der Waals surface area contributed by atoms with Crippen molar-refractivity contribution in [1.29, 1.82) is 5.26 Å². The lowest BCUT2D eigenvalue weighted by Gasteiger charge is -2.34. The third kappa shape index (κ3) is 3.30. The standard InChI is InChI=1S/C20H21N7O/c1-14-12-28-9-8-26(14)18-10-15(4-6-20(2,3)13-21)16-11-23-27(19(16)24-18)17-5-7-22-25-17/h5,7,10-11,14H,8-9,12H2,1-3H3,(H,22,25)/t14-/m1/s1. The lowest BCUT2D eigenvalue weighted by Crippen LogP contribution is -2.44. The zero-order chi connectivity index (χ0) is 19.7. The highest BCUT2D eigenvalue weighted by atomic mass is 16.5. The van der Waals surface area contributed by atoms with Crippen molar-refractivity contribution in [3.63, 3.8) is 0 Å². The first-order valence-corrected chi connectivity index (χ1v) is 9.16. The highest BCUT2D eigenvalue weighted by Gasteiger charge is 2.23. The fourth-order valence-corrected chi connectivity index (χ4v) is 3.10. The summed E-state index contributed by atoms with van der Waals surface area (Å²) in [6.07, 6.45) is 3.42. The van der Waals surface area contributed by atoms with Gasteiger partial charge in [0.05, 0.1) is 43.1 Å². The van der Waals surface area contributed by atoms with Crippen LogP contribution >= 0.6 is 0 Å². The summed E-state index contributed by atoms with van der Waals surface area (Å²) in [5.41, 5.74) is 0.758. The number of rotatable bonds is 2. The molecule has 4 rings (SSSR count). The van der Waals surface area contributed by atoms with Crippen molar-refractivity contribution < 1.29 is 4.74 Å². The molecule has 0 radical (unpaired) electrons. The van der Waals surface area contributed by atoms with E-state index < -0.39 is 5.41 Å². The second-order valence-electron chi connectivity index (χ2n) is 7.37. The van der Waals surface area contributed by atoms with E-state index in [9.17, 15) is 5.26 Å². The molecule has 8 nitrogen and oxygen atoms in total. The zero-order valence-corrected chi connectivity index (χ0v) is 16.1. The summed E-state index contributed by atoms with van der Waals surface area (Å²) in [6, 6.07) is 6.24. The van der Waals surface area contributed by atoms with E-state index >= 15 is 0 Å². The predicted octanol–water partition coefficient (Wildman–Crippen LogP) is 2.27. The van der Waals surface area contributed by atoms with Crippen LogP contribution in [0.4, 0.5) is 5.82 Å². The number of fused-ring (bicyclic) bond motifs is 1. The molecule has 0 aliphatic carbocycles. The van der Waals surface area contributed by atoms with Crippen LogP contribution in [0.3, 0.4) is 0 Å². The number of pyridine rings is 1. The van der Waals surface area contributed by atoms with Crippen LogP contribution in [0, 0.1) is 28.6 Å². The molecule has 1 saturated heterocycles. The molecule has 1 atom stereocenters. The van der Waals surface area contributed by atoms with Gasteiger partial charge in [-0.25, -0.2) is 4.98 Å². The van der Waals surface area contributed by atoms with E-state index in [2.05, 4.69) is 45.0 Å². The van der Waals surface area contributed by atoms with E-state index in [4.69, 9.17) is 9.72 Å². The van der Waals surface area contributed by atoms with Crippen molar-refractivity contribution in [1.82, 2.24) is 25.0 Å². The predicted molar refractivity (Wildman–Crippen MR) is 105 cm³/mol. The number of hydrogen-bond acceptors (Lipinski definition) is 6. The quantitative estimate of drug-likeness (QED) is 0.691. The number of ether oxygens (including phenoxy) is 1. The van der Waals surface area contributed by atoms with Crippen molar-refractivity contribution in [2.45, 2.75) is 26.8 Å². The minimum Gasteiger partial charge on any atom is -0.377 e. The molecule has 0 saturated carbocycles. The average molecular weight is 375 g/mol. The highest BCUT2D eigenvalue weighted by Crippen LogP contribution is 2.26. The van der Waals surface area contributed by atoms with Crippen molar-refractivity contribution in [3.05, 3.63) is 30.1 Å². The Morgan fingerprint density at radius 1 is 1.39 bits per heavy atom. The smallest absolute Gasteiger partial charge is 0.168 e. The molecule has 0 unspecified atom stereocenters. The Bertz CT molecular complexity index is 1100. The maximum atomic E-state index is 9.29. The van der Waals surface area contributed by atoms with Gasteiger partial charge in [-0.05, 0) is 26.8 Å². The van der Waals surface area contributed by atoms with Crippen LogP contribution in [0.2, 0.25) is 0 Å². The molecule has 0 amide bonds. The first-order valence-electron chi connectivity index (χ1n) is 9.16. The van der Waals surface area contributed by atoms with Gasteiger partial charge in [0.15, 0.2) is 11.5 Å². The SMILES string of the molecule is C[C@@H]1COCCN1c1cc(C#CC(C)(C)C#N)c2cnn(-c3ccn[nH]3)c2n1. The van der Waals surface area contributed by atoms with E-state index in [1.807, 2.05) is 12.1 Å². The molecule has 28 heavy (non-hydrogen) atoms. The fourth-order valence-electron chi connectivity index (χ4n) is 3.10. The van der Waals surface area contributed by atoms with E-state index in [0.717, 1.165) is 29.1 Å². The van der Waals surface area contributed by atoms with Gasteiger partial charge in [-0.15, -0.1) is 0 Å². The van der Waals surface area contributed by atoms with Gasteiger partial charge < -0.3 is 9.64 Å². The number of anilines is 1. The van der Waals surface area contributed by atoms with Crippen molar-refractivity contribution in [3.8, 4) is 23.7 Å². The molecule has 142 valence electrons. The molecule has 0 spiro atoms. The number of nitrogens with zero attached hydrogens (tertiary/aromatic N) is 6. The monoisotopic (exact) mass is 375 g/mol. The first kappa shape index (κ1) is 18.0. The van der Waals surface area contributed by atoms with E-state index in [0.29, 0.717) is 18.9 Å². The van der Waals surface area contributed by atoms with Gasteiger partial charge in [0.1, 0.15) is 11.2 Å². The van der Waals surface area contributed by atoms with Crippen LogP contribution in [-0.4, -0.2) is 50.8 Å². The number of nitrogens with one attached hydrogen (secondary N) is 1. The summed E-state index contributed by atoms with van der Waals surface area (Å²) >= 11 is 0. The largest absolute Gasteiger partial charge is 0.377 e. The number of aromatic amines is 1. The lowest BCUT2D eigenvalue weighted by atomic mass is 9.96. The van der Waals surface area contributed by atoms with Crippen molar-refractivity contribution >= 4 is 16.9 Å². The van der Waals surface area contributed by atoms with Crippen LogP contribution in [0.15, 0.2) is 24.5 Å². The topological polar surface area (TPSA) is 95.6 Å². The number of morpholine rings is 1.